The van der Waals surface area contributed by atoms with E-state index in [9.17, 15) is 9.18 Å². The fraction of sp³-hybridized carbons (Fsp3) is 0.188. The Labute approximate surface area is 137 Å². The van der Waals surface area contributed by atoms with Crippen molar-refractivity contribution in [2.75, 3.05) is 12.4 Å². The number of hydrogen-bond donors (Lipinski definition) is 3. The van der Waals surface area contributed by atoms with Crippen LogP contribution in [0.4, 0.5) is 10.1 Å². The number of hydrogen-bond acceptors (Lipinski definition) is 4. The lowest BCUT2D eigenvalue weighted by Gasteiger charge is -2.11. The number of ether oxygens (including phenoxy) is 1. The summed E-state index contributed by atoms with van der Waals surface area (Å²) < 4.78 is 18.5. The van der Waals surface area contributed by atoms with Crippen LogP contribution in [0.15, 0.2) is 36.4 Å². The molecule has 0 heterocycles. The van der Waals surface area contributed by atoms with Crippen molar-refractivity contribution in [3.63, 3.8) is 0 Å². The predicted molar refractivity (Wildman–Crippen MR) is 83.9 cm³/mol. The zero-order valence-corrected chi connectivity index (χ0v) is 13.0. The first-order chi connectivity index (χ1) is 10.9. The third kappa shape index (κ3) is 4.41. The SMILES string of the molecule is COc1ccc(Cl)cc1CC(=O)Nc1ccc(F)c(C(O)O)c1. The van der Waals surface area contributed by atoms with E-state index in [0.29, 0.717) is 16.3 Å². The van der Waals surface area contributed by atoms with E-state index in [4.69, 9.17) is 26.6 Å². The summed E-state index contributed by atoms with van der Waals surface area (Å²) in [5.41, 5.74) is 0.533. The summed E-state index contributed by atoms with van der Waals surface area (Å²) in [5, 5.41) is 21.2. The molecule has 122 valence electrons. The predicted octanol–water partition coefficient (Wildman–Crippen LogP) is 2.65. The highest BCUT2D eigenvalue weighted by molar-refractivity contribution is 6.30. The normalized spacial score (nSPS) is 10.7. The monoisotopic (exact) mass is 339 g/mol. The van der Waals surface area contributed by atoms with Gasteiger partial charge < -0.3 is 20.3 Å². The number of carbonyl (C=O) groups is 1. The Morgan fingerprint density at radius 2 is 2.04 bits per heavy atom. The second kappa shape index (κ2) is 7.41. The van der Waals surface area contributed by atoms with Crippen LogP contribution in [0.25, 0.3) is 0 Å². The molecule has 0 radical (unpaired) electrons. The molecule has 2 aromatic carbocycles. The molecule has 0 atom stereocenters. The Morgan fingerprint density at radius 3 is 2.70 bits per heavy atom. The zero-order chi connectivity index (χ0) is 17.0. The maximum absolute atomic E-state index is 13.4. The van der Waals surface area contributed by atoms with Crippen molar-refractivity contribution in [2.24, 2.45) is 0 Å². The molecule has 5 nitrogen and oxygen atoms in total. The molecule has 2 rings (SSSR count). The van der Waals surface area contributed by atoms with Crippen LogP contribution in [-0.2, 0) is 11.2 Å². The molecule has 0 aromatic heterocycles. The van der Waals surface area contributed by atoms with Gasteiger partial charge in [-0.2, -0.15) is 0 Å². The maximum atomic E-state index is 13.4. The minimum absolute atomic E-state index is 0.00186. The summed E-state index contributed by atoms with van der Waals surface area (Å²) in [7, 11) is 1.49. The van der Waals surface area contributed by atoms with Crippen LogP contribution in [0.2, 0.25) is 5.02 Å². The van der Waals surface area contributed by atoms with Gasteiger partial charge in [-0.3, -0.25) is 4.79 Å². The van der Waals surface area contributed by atoms with E-state index in [2.05, 4.69) is 5.32 Å². The molecule has 3 N–H and O–H groups in total. The van der Waals surface area contributed by atoms with Crippen LogP contribution in [0.3, 0.4) is 0 Å². The second-order valence-electron chi connectivity index (χ2n) is 4.79. The molecule has 0 fully saturated rings. The second-order valence-corrected chi connectivity index (χ2v) is 5.23. The quantitative estimate of drug-likeness (QED) is 0.732. The third-order valence-electron chi connectivity index (χ3n) is 3.15. The van der Waals surface area contributed by atoms with E-state index in [1.165, 1.54) is 13.2 Å². The average molecular weight is 340 g/mol. The highest BCUT2D eigenvalue weighted by atomic mass is 35.5. The van der Waals surface area contributed by atoms with Gasteiger partial charge in [0.15, 0.2) is 6.29 Å². The molecule has 7 heteroatoms. The van der Waals surface area contributed by atoms with Crippen molar-refractivity contribution in [2.45, 2.75) is 12.7 Å². The lowest BCUT2D eigenvalue weighted by molar-refractivity contribution is -0.115. The first-order valence-electron chi connectivity index (χ1n) is 6.68. The summed E-state index contributed by atoms with van der Waals surface area (Å²) in [6.45, 7) is 0. The minimum Gasteiger partial charge on any atom is -0.496 e. The van der Waals surface area contributed by atoms with Crippen LogP contribution in [0, 0.1) is 5.82 Å². The summed E-state index contributed by atoms with van der Waals surface area (Å²) in [4.78, 5) is 12.1. The lowest BCUT2D eigenvalue weighted by Crippen LogP contribution is -2.15. The van der Waals surface area contributed by atoms with E-state index >= 15 is 0 Å². The van der Waals surface area contributed by atoms with E-state index in [1.807, 2.05) is 0 Å². The molecule has 0 saturated carbocycles. The van der Waals surface area contributed by atoms with Crippen molar-refractivity contribution >= 4 is 23.2 Å². The van der Waals surface area contributed by atoms with Gasteiger partial charge in [-0.1, -0.05) is 11.6 Å². The zero-order valence-electron chi connectivity index (χ0n) is 12.2. The van der Waals surface area contributed by atoms with Gasteiger partial charge in [0.2, 0.25) is 5.91 Å². The van der Waals surface area contributed by atoms with Crippen molar-refractivity contribution in [3.05, 3.63) is 58.4 Å². The van der Waals surface area contributed by atoms with E-state index in [-0.39, 0.29) is 23.6 Å². The van der Waals surface area contributed by atoms with Gasteiger partial charge in [0, 0.05) is 21.8 Å². The summed E-state index contributed by atoms with van der Waals surface area (Å²) in [6, 6.07) is 8.46. The fourth-order valence-corrected chi connectivity index (χ4v) is 2.28. The number of rotatable bonds is 5. The Morgan fingerprint density at radius 1 is 1.30 bits per heavy atom. The number of carbonyl (C=O) groups excluding carboxylic acids is 1. The molecule has 0 aliphatic carbocycles. The number of methoxy groups -OCH3 is 1. The molecule has 0 saturated heterocycles. The molecule has 0 aliphatic heterocycles. The summed E-state index contributed by atoms with van der Waals surface area (Å²) >= 11 is 5.91. The molecule has 0 spiro atoms. The molecule has 2 aromatic rings. The van der Waals surface area contributed by atoms with Gasteiger partial charge in [0.1, 0.15) is 11.6 Å². The Balaban J connectivity index is 2.14. The largest absolute Gasteiger partial charge is 0.496 e. The lowest BCUT2D eigenvalue weighted by atomic mass is 10.1. The number of anilines is 1. The van der Waals surface area contributed by atoms with Gasteiger partial charge in [0.05, 0.1) is 13.5 Å². The highest BCUT2D eigenvalue weighted by Gasteiger charge is 2.13. The number of aliphatic hydroxyl groups is 2. The van der Waals surface area contributed by atoms with Gasteiger partial charge in [-0.05, 0) is 36.4 Å². The van der Waals surface area contributed by atoms with E-state index in [0.717, 1.165) is 12.1 Å². The third-order valence-corrected chi connectivity index (χ3v) is 3.39. The number of nitrogens with one attached hydrogen (secondary N) is 1. The first-order valence-corrected chi connectivity index (χ1v) is 7.06. The van der Waals surface area contributed by atoms with Crippen molar-refractivity contribution in [1.82, 2.24) is 0 Å². The topological polar surface area (TPSA) is 78.8 Å². The standard InChI is InChI=1S/C16H15ClFNO4/c1-23-14-5-2-10(17)6-9(14)7-15(20)19-11-3-4-13(18)12(8-11)16(21)22/h2-6,8,16,21-22H,7H2,1H3,(H,19,20). The van der Waals surface area contributed by atoms with Gasteiger partial charge in [-0.25, -0.2) is 4.39 Å². The Bertz CT molecular complexity index is 721. The van der Waals surface area contributed by atoms with Crippen molar-refractivity contribution in [1.29, 1.82) is 0 Å². The molecule has 0 unspecified atom stereocenters. The van der Waals surface area contributed by atoms with Gasteiger partial charge in [0.25, 0.3) is 0 Å². The van der Waals surface area contributed by atoms with Crippen LogP contribution < -0.4 is 10.1 Å². The van der Waals surface area contributed by atoms with E-state index in [1.54, 1.807) is 18.2 Å². The van der Waals surface area contributed by atoms with Crippen LogP contribution >= 0.6 is 11.6 Å². The van der Waals surface area contributed by atoms with Crippen LogP contribution in [0.1, 0.15) is 17.4 Å². The van der Waals surface area contributed by atoms with Gasteiger partial charge in [-0.15, -0.1) is 0 Å². The smallest absolute Gasteiger partial charge is 0.228 e. The number of benzene rings is 2. The van der Waals surface area contributed by atoms with Crippen molar-refractivity contribution in [3.8, 4) is 5.75 Å². The Hall–Kier alpha value is -2.15. The molecule has 23 heavy (non-hydrogen) atoms. The molecule has 0 aliphatic rings. The number of halogens is 2. The summed E-state index contributed by atoms with van der Waals surface area (Å²) in [6.07, 6.45) is -1.96. The van der Waals surface area contributed by atoms with Gasteiger partial charge >= 0.3 is 0 Å². The summed E-state index contributed by atoms with van der Waals surface area (Å²) in [5.74, 6) is -0.625. The number of aliphatic hydroxyl groups excluding tert-OH is 1. The van der Waals surface area contributed by atoms with Crippen LogP contribution in [0.5, 0.6) is 5.75 Å². The minimum atomic E-state index is -1.96. The molecule has 1 amide bonds. The van der Waals surface area contributed by atoms with E-state index < -0.39 is 12.1 Å². The fourth-order valence-electron chi connectivity index (χ4n) is 2.08. The highest BCUT2D eigenvalue weighted by Crippen LogP contribution is 2.24. The average Bonchev–Trinajstić information content (AvgIpc) is 2.49. The first kappa shape index (κ1) is 17.2. The van der Waals surface area contributed by atoms with Crippen LogP contribution in [-0.4, -0.2) is 23.2 Å². The maximum Gasteiger partial charge on any atom is 0.228 e. The molecular weight excluding hydrogens is 325 g/mol. The molecule has 0 bridgehead atoms. The Kier molecular flexibility index (Phi) is 5.54. The molecular formula is C16H15ClFNO4. The number of amides is 1. The van der Waals surface area contributed by atoms with Crippen molar-refractivity contribution < 1.29 is 24.1 Å².